The molecule has 1 heterocycles. The van der Waals surface area contributed by atoms with E-state index in [9.17, 15) is 4.79 Å². The second kappa shape index (κ2) is 6.57. The summed E-state index contributed by atoms with van der Waals surface area (Å²) >= 11 is 0. The molecular formula is C15H22N2O2. The molecular weight excluding hydrogens is 240 g/mol. The molecule has 1 N–H and O–H groups in total. The molecule has 1 atom stereocenters. The van der Waals surface area contributed by atoms with Crippen LogP contribution in [-0.4, -0.2) is 43.1 Å². The normalized spacial score (nSPS) is 18.9. The van der Waals surface area contributed by atoms with E-state index < -0.39 is 0 Å². The maximum atomic E-state index is 12.0. The number of benzene rings is 1. The van der Waals surface area contributed by atoms with Gasteiger partial charge < -0.3 is 15.0 Å². The van der Waals surface area contributed by atoms with Crippen molar-refractivity contribution in [1.29, 1.82) is 0 Å². The van der Waals surface area contributed by atoms with E-state index in [1.54, 1.807) is 0 Å². The second-order valence-electron chi connectivity index (χ2n) is 4.89. The van der Waals surface area contributed by atoms with Crippen molar-refractivity contribution >= 4 is 5.91 Å². The molecule has 1 saturated heterocycles. The molecule has 1 aromatic rings. The lowest BCUT2D eigenvalue weighted by molar-refractivity contribution is -0.129. The zero-order valence-corrected chi connectivity index (χ0v) is 11.7. The van der Waals surface area contributed by atoms with E-state index in [0.717, 1.165) is 25.3 Å². The summed E-state index contributed by atoms with van der Waals surface area (Å²) in [5.74, 6) is 1.07. The Kier molecular flexibility index (Phi) is 4.80. The average Bonchev–Trinajstić information content (AvgIpc) is 2.72. The van der Waals surface area contributed by atoms with Crippen LogP contribution >= 0.6 is 0 Å². The lowest BCUT2D eigenvalue weighted by atomic mass is 10.2. The fourth-order valence-electron chi connectivity index (χ4n) is 2.38. The van der Waals surface area contributed by atoms with Crippen LogP contribution in [0, 0.1) is 6.92 Å². The third-order valence-electron chi connectivity index (χ3n) is 3.37. The molecule has 1 aromatic carbocycles. The Morgan fingerprint density at radius 2 is 2.32 bits per heavy atom. The van der Waals surface area contributed by atoms with Gasteiger partial charge in [-0.15, -0.1) is 0 Å². The van der Waals surface area contributed by atoms with Gasteiger partial charge in [-0.1, -0.05) is 19.1 Å². The predicted molar refractivity (Wildman–Crippen MR) is 75.3 cm³/mol. The molecule has 4 heteroatoms. The Morgan fingerprint density at radius 1 is 1.47 bits per heavy atom. The number of hydrogen-bond acceptors (Lipinski definition) is 3. The summed E-state index contributed by atoms with van der Waals surface area (Å²) in [5, 5.41) is 3.21. The largest absolute Gasteiger partial charge is 0.492 e. The van der Waals surface area contributed by atoms with E-state index in [2.05, 4.69) is 5.32 Å². The highest BCUT2D eigenvalue weighted by atomic mass is 16.5. The summed E-state index contributed by atoms with van der Waals surface area (Å²) in [7, 11) is 0. The second-order valence-corrected chi connectivity index (χ2v) is 4.89. The number of ether oxygens (including phenoxy) is 1. The minimum absolute atomic E-state index is 0.00368. The van der Waals surface area contributed by atoms with Crippen LogP contribution in [0.3, 0.4) is 0 Å². The van der Waals surface area contributed by atoms with Gasteiger partial charge in [0.05, 0.1) is 12.6 Å². The Hall–Kier alpha value is -1.55. The van der Waals surface area contributed by atoms with Crippen LogP contribution in [0.2, 0.25) is 0 Å². The summed E-state index contributed by atoms with van der Waals surface area (Å²) < 4.78 is 5.68. The highest BCUT2D eigenvalue weighted by Crippen LogP contribution is 2.14. The number of rotatable bonds is 6. The number of carbonyl (C=O) groups excluding carboxylic acids is 1. The van der Waals surface area contributed by atoms with Crippen molar-refractivity contribution in [3.8, 4) is 5.75 Å². The molecule has 1 unspecified atom stereocenters. The van der Waals surface area contributed by atoms with E-state index in [4.69, 9.17) is 4.74 Å². The molecule has 1 fully saturated rings. The van der Waals surface area contributed by atoms with Crippen LogP contribution < -0.4 is 10.1 Å². The number of carbonyl (C=O) groups is 1. The number of aryl methyl sites for hydroxylation is 1. The topological polar surface area (TPSA) is 41.6 Å². The predicted octanol–water partition coefficient (Wildman–Crippen LogP) is 1.58. The van der Waals surface area contributed by atoms with E-state index in [-0.39, 0.29) is 11.9 Å². The number of nitrogens with one attached hydrogen (secondary N) is 1. The first-order chi connectivity index (χ1) is 9.20. The SMILES string of the molecule is CCNC1CCN(CCOc2cccc(C)c2)C1=O. The van der Waals surface area contributed by atoms with Gasteiger partial charge in [-0.3, -0.25) is 4.79 Å². The van der Waals surface area contributed by atoms with E-state index in [1.165, 1.54) is 5.56 Å². The fraction of sp³-hybridized carbons (Fsp3) is 0.533. The van der Waals surface area contributed by atoms with Crippen molar-refractivity contribution in [2.75, 3.05) is 26.2 Å². The molecule has 0 aromatic heterocycles. The van der Waals surface area contributed by atoms with E-state index in [1.807, 2.05) is 43.0 Å². The molecule has 0 radical (unpaired) electrons. The summed E-state index contributed by atoms with van der Waals surface area (Å²) in [6.07, 6.45) is 0.900. The van der Waals surface area contributed by atoms with Gasteiger partial charge in [0.1, 0.15) is 12.4 Å². The lowest BCUT2D eigenvalue weighted by Gasteiger charge is -2.17. The summed E-state index contributed by atoms with van der Waals surface area (Å²) in [6, 6.07) is 7.97. The first kappa shape index (κ1) is 13.9. The molecule has 0 aliphatic carbocycles. The van der Waals surface area contributed by atoms with Gasteiger partial charge in [0.2, 0.25) is 5.91 Å². The fourth-order valence-corrected chi connectivity index (χ4v) is 2.38. The zero-order chi connectivity index (χ0) is 13.7. The van der Waals surface area contributed by atoms with Crippen LogP contribution in [0.5, 0.6) is 5.75 Å². The van der Waals surface area contributed by atoms with Gasteiger partial charge in [-0.05, 0) is 37.6 Å². The molecule has 1 amide bonds. The van der Waals surface area contributed by atoms with Gasteiger partial charge in [-0.2, -0.15) is 0 Å². The molecule has 4 nitrogen and oxygen atoms in total. The van der Waals surface area contributed by atoms with E-state index in [0.29, 0.717) is 13.2 Å². The Bertz CT molecular complexity index is 434. The van der Waals surface area contributed by atoms with Crippen molar-refractivity contribution in [3.63, 3.8) is 0 Å². The lowest BCUT2D eigenvalue weighted by Crippen LogP contribution is -2.39. The average molecular weight is 262 g/mol. The molecule has 1 aliphatic rings. The molecule has 0 bridgehead atoms. The first-order valence-corrected chi connectivity index (χ1v) is 6.92. The van der Waals surface area contributed by atoms with Crippen molar-refractivity contribution in [3.05, 3.63) is 29.8 Å². The smallest absolute Gasteiger partial charge is 0.239 e. The van der Waals surface area contributed by atoms with Gasteiger partial charge in [-0.25, -0.2) is 0 Å². The molecule has 19 heavy (non-hydrogen) atoms. The Morgan fingerprint density at radius 3 is 3.05 bits per heavy atom. The molecule has 1 aliphatic heterocycles. The monoisotopic (exact) mass is 262 g/mol. The molecule has 2 rings (SSSR count). The van der Waals surface area contributed by atoms with Gasteiger partial charge in [0.25, 0.3) is 0 Å². The van der Waals surface area contributed by atoms with Crippen LogP contribution in [0.15, 0.2) is 24.3 Å². The number of hydrogen-bond donors (Lipinski definition) is 1. The highest BCUT2D eigenvalue weighted by Gasteiger charge is 2.30. The quantitative estimate of drug-likeness (QED) is 0.846. The third kappa shape index (κ3) is 3.70. The minimum atomic E-state index is 0.00368. The van der Waals surface area contributed by atoms with Crippen molar-refractivity contribution in [2.24, 2.45) is 0 Å². The highest BCUT2D eigenvalue weighted by molar-refractivity contribution is 5.83. The van der Waals surface area contributed by atoms with Crippen LogP contribution in [0.1, 0.15) is 18.9 Å². The van der Waals surface area contributed by atoms with Crippen LogP contribution in [-0.2, 0) is 4.79 Å². The summed E-state index contributed by atoms with van der Waals surface area (Å²) in [6.45, 7) is 6.94. The van der Waals surface area contributed by atoms with Crippen molar-refractivity contribution in [2.45, 2.75) is 26.3 Å². The van der Waals surface area contributed by atoms with Gasteiger partial charge in [0, 0.05) is 6.54 Å². The first-order valence-electron chi connectivity index (χ1n) is 6.92. The number of amides is 1. The number of likely N-dealkylation sites (tertiary alicyclic amines) is 1. The van der Waals surface area contributed by atoms with Crippen LogP contribution in [0.4, 0.5) is 0 Å². The van der Waals surface area contributed by atoms with Crippen molar-refractivity contribution in [1.82, 2.24) is 10.2 Å². The maximum absolute atomic E-state index is 12.0. The van der Waals surface area contributed by atoms with Crippen LogP contribution in [0.25, 0.3) is 0 Å². The number of nitrogens with zero attached hydrogens (tertiary/aromatic N) is 1. The van der Waals surface area contributed by atoms with Gasteiger partial charge >= 0.3 is 0 Å². The summed E-state index contributed by atoms with van der Waals surface area (Å²) in [4.78, 5) is 13.9. The minimum Gasteiger partial charge on any atom is -0.492 e. The molecule has 104 valence electrons. The summed E-state index contributed by atoms with van der Waals surface area (Å²) in [5.41, 5.74) is 1.18. The third-order valence-corrected chi connectivity index (χ3v) is 3.37. The molecule has 0 saturated carbocycles. The zero-order valence-electron chi connectivity index (χ0n) is 11.7. The standard InChI is InChI=1S/C15H22N2O2/c1-3-16-14-7-8-17(15(14)18)9-10-19-13-6-4-5-12(2)11-13/h4-6,11,14,16H,3,7-10H2,1-2H3. The van der Waals surface area contributed by atoms with E-state index >= 15 is 0 Å². The Labute approximate surface area is 114 Å². The maximum Gasteiger partial charge on any atom is 0.239 e. The van der Waals surface area contributed by atoms with Crippen molar-refractivity contribution < 1.29 is 9.53 Å². The van der Waals surface area contributed by atoms with Gasteiger partial charge in [0.15, 0.2) is 0 Å². The Balaban J connectivity index is 1.76. The molecule has 0 spiro atoms. The number of likely N-dealkylation sites (N-methyl/N-ethyl adjacent to an activating group) is 1.